The number of carbonyl (C=O) groups is 1. The van der Waals surface area contributed by atoms with Crippen LogP contribution in [0.25, 0.3) is 0 Å². The first kappa shape index (κ1) is 23.3. The minimum Gasteiger partial charge on any atom is -0.483 e. The molecule has 0 radical (unpaired) electrons. The second-order valence-corrected chi connectivity index (χ2v) is 9.52. The highest BCUT2D eigenvalue weighted by Gasteiger charge is 2.66. The third-order valence-corrected chi connectivity index (χ3v) is 6.99. The van der Waals surface area contributed by atoms with E-state index in [1.807, 2.05) is 0 Å². The summed E-state index contributed by atoms with van der Waals surface area (Å²) in [5.41, 5.74) is 5.14. The van der Waals surface area contributed by atoms with Crippen molar-refractivity contribution in [2.45, 2.75) is 29.8 Å². The number of aliphatic imine (C=N–C) groups is 1. The van der Waals surface area contributed by atoms with Crippen molar-refractivity contribution in [2.24, 2.45) is 16.6 Å². The van der Waals surface area contributed by atoms with Crippen molar-refractivity contribution in [1.82, 2.24) is 4.98 Å². The smallest absolute Gasteiger partial charge is 0.422 e. The predicted molar refractivity (Wildman–Crippen MR) is 114 cm³/mol. The molecule has 1 fully saturated rings. The van der Waals surface area contributed by atoms with E-state index in [9.17, 15) is 26.7 Å². The van der Waals surface area contributed by atoms with Crippen LogP contribution < -0.4 is 15.8 Å². The Morgan fingerprint density at radius 3 is 2.73 bits per heavy atom. The van der Waals surface area contributed by atoms with Crippen LogP contribution in [-0.4, -0.2) is 40.3 Å². The summed E-state index contributed by atoms with van der Waals surface area (Å²) in [6, 6.07) is 6.33. The van der Waals surface area contributed by atoms with E-state index < -0.39 is 41.5 Å². The molecule has 1 amide bonds. The average molecular weight is 486 g/mol. The predicted octanol–water partition coefficient (Wildman–Crippen LogP) is 4.42. The van der Waals surface area contributed by atoms with Crippen LogP contribution in [0.15, 0.2) is 41.5 Å². The van der Waals surface area contributed by atoms with Crippen LogP contribution in [0.4, 0.5) is 27.6 Å². The highest BCUT2D eigenvalue weighted by Crippen LogP contribution is 2.66. The maximum absolute atomic E-state index is 14.8. The maximum Gasteiger partial charge on any atom is 0.422 e. The zero-order valence-electron chi connectivity index (χ0n) is 17.2. The van der Waals surface area contributed by atoms with E-state index in [2.05, 4.69) is 20.0 Å². The lowest BCUT2D eigenvalue weighted by atomic mass is 9.85. The Morgan fingerprint density at radius 2 is 2.09 bits per heavy atom. The third-order valence-electron chi connectivity index (χ3n) is 5.72. The van der Waals surface area contributed by atoms with Crippen molar-refractivity contribution >= 4 is 28.5 Å². The van der Waals surface area contributed by atoms with Gasteiger partial charge < -0.3 is 15.8 Å². The number of nitrogens with zero attached hydrogens (tertiary/aromatic N) is 2. The number of nitrogens with one attached hydrogen (secondary N) is 1. The van der Waals surface area contributed by atoms with Gasteiger partial charge in [-0.25, -0.2) is 13.8 Å². The van der Waals surface area contributed by atoms with E-state index in [0.717, 1.165) is 18.0 Å². The summed E-state index contributed by atoms with van der Waals surface area (Å²) in [5.74, 6) is -1.62. The molecule has 4 rings (SSSR count). The van der Waals surface area contributed by atoms with Crippen LogP contribution in [0.5, 0.6) is 5.75 Å². The van der Waals surface area contributed by atoms with Gasteiger partial charge in [0.15, 0.2) is 11.8 Å². The Kier molecular flexibility index (Phi) is 5.75. The zero-order chi connectivity index (χ0) is 24.0. The minimum atomic E-state index is -4.50. The molecule has 0 saturated heterocycles. The second kappa shape index (κ2) is 8.15. The van der Waals surface area contributed by atoms with Crippen LogP contribution in [-0.2, 0) is 5.54 Å². The number of fused-ring (bicyclic) bond motifs is 1. The number of pyridine rings is 1. The van der Waals surface area contributed by atoms with Crippen LogP contribution in [0, 0.1) is 11.7 Å². The number of thioether (sulfide) groups is 1. The van der Waals surface area contributed by atoms with Gasteiger partial charge in [-0.05, 0) is 43.7 Å². The maximum atomic E-state index is 14.8. The number of hydrogen-bond acceptors (Lipinski definition) is 6. The molecule has 1 aliphatic heterocycles. The SMILES string of the molecule is C[C@]1(c2cc(NC(=O)c3ccc(OCC(F)(F)F)cn3)ccc2F)N=C(N)S[C@@]2(CF)C[C@H]21. The first-order chi connectivity index (χ1) is 15.5. The van der Waals surface area contributed by atoms with Gasteiger partial charge in [0.2, 0.25) is 0 Å². The van der Waals surface area contributed by atoms with Gasteiger partial charge >= 0.3 is 6.18 Å². The molecule has 1 saturated carbocycles. The van der Waals surface area contributed by atoms with Gasteiger partial charge in [-0.3, -0.25) is 9.79 Å². The lowest BCUT2D eigenvalue weighted by Crippen LogP contribution is -2.36. The summed E-state index contributed by atoms with van der Waals surface area (Å²) in [6.07, 6.45) is -3.00. The summed E-state index contributed by atoms with van der Waals surface area (Å²) in [7, 11) is 0. The van der Waals surface area contributed by atoms with Crippen LogP contribution >= 0.6 is 11.8 Å². The fourth-order valence-electron chi connectivity index (χ4n) is 4.02. The molecule has 0 unspecified atom stereocenters. The number of carbonyl (C=O) groups excluding carboxylic acids is 1. The number of hydrogen-bond donors (Lipinski definition) is 2. The lowest BCUT2D eigenvalue weighted by Gasteiger charge is -2.33. The molecule has 3 N–H and O–H groups in total. The summed E-state index contributed by atoms with van der Waals surface area (Å²) in [6.45, 7) is -0.402. The van der Waals surface area contributed by atoms with Crippen molar-refractivity contribution in [3.8, 4) is 5.75 Å². The first-order valence-corrected chi connectivity index (χ1v) is 10.6. The molecule has 176 valence electrons. The van der Waals surface area contributed by atoms with Crippen molar-refractivity contribution in [1.29, 1.82) is 0 Å². The van der Waals surface area contributed by atoms with E-state index in [-0.39, 0.29) is 33.8 Å². The van der Waals surface area contributed by atoms with Crippen molar-refractivity contribution in [3.63, 3.8) is 0 Å². The van der Waals surface area contributed by atoms with Gasteiger partial charge in [-0.1, -0.05) is 11.8 Å². The summed E-state index contributed by atoms with van der Waals surface area (Å²) < 4.78 is 69.0. The number of rotatable bonds is 6. The number of amides is 1. The van der Waals surface area contributed by atoms with Crippen LogP contribution in [0.3, 0.4) is 0 Å². The Labute approximate surface area is 189 Å². The van der Waals surface area contributed by atoms with Crippen molar-refractivity contribution in [3.05, 3.63) is 53.6 Å². The van der Waals surface area contributed by atoms with E-state index in [0.29, 0.717) is 6.42 Å². The second-order valence-electron chi connectivity index (χ2n) is 8.09. The molecule has 12 heteroatoms. The molecule has 2 aliphatic rings. The molecule has 0 spiro atoms. The van der Waals surface area contributed by atoms with E-state index in [4.69, 9.17) is 5.73 Å². The number of anilines is 1. The summed E-state index contributed by atoms with van der Waals surface area (Å²) in [4.78, 5) is 20.8. The minimum absolute atomic E-state index is 0.0820. The van der Waals surface area contributed by atoms with E-state index >= 15 is 0 Å². The normalized spacial score (nSPS) is 26.2. The van der Waals surface area contributed by atoms with Gasteiger partial charge in [0.1, 0.15) is 23.9 Å². The molecule has 3 atom stereocenters. The Hall–Kier alpha value is -2.89. The third kappa shape index (κ3) is 4.61. The average Bonchev–Trinajstić information content (AvgIpc) is 3.49. The topological polar surface area (TPSA) is 89.6 Å². The Bertz CT molecular complexity index is 1110. The van der Waals surface area contributed by atoms with Gasteiger partial charge in [-0.2, -0.15) is 13.2 Å². The zero-order valence-corrected chi connectivity index (χ0v) is 18.1. The molecular formula is C21H19F5N4O2S. The van der Waals surface area contributed by atoms with Crippen LogP contribution in [0.2, 0.25) is 0 Å². The number of ether oxygens (including phenoxy) is 1. The molecular weight excluding hydrogens is 467 g/mol. The molecule has 6 nitrogen and oxygen atoms in total. The van der Waals surface area contributed by atoms with E-state index in [1.54, 1.807) is 6.92 Å². The lowest BCUT2D eigenvalue weighted by molar-refractivity contribution is -0.153. The van der Waals surface area contributed by atoms with Gasteiger partial charge in [0.25, 0.3) is 5.91 Å². The van der Waals surface area contributed by atoms with Gasteiger partial charge in [-0.15, -0.1) is 0 Å². The van der Waals surface area contributed by atoms with Crippen molar-refractivity contribution < 1.29 is 31.5 Å². The number of amidine groups is 1. The fraction of sp³-hybridized carbons (Fsp3) is 0.381. The molecule has 1 aromatic carbocycles. The number of halogens is 5. The molecule has 1 aromatic heterocycles. The highest BCUT2D eigenvalue weighted by molar-refractivity contribution is 8.15. The first-order valence-electron chi connectivity index (χ1n) is 9.83. The van der Waals surface area contributed by atoms with Gasteiger partial charge in [0.05, 0.1) is 16.5 Å². The number of aromatic nitrogens is 1. The molecule has 2 aromatic rings. The molecule has 2 heterocycles. The Morgan fingerprint density at radius 1 is 1.33 bits per heavy atom. The van der Waals surface area contributed by atoms with Crippen LogP contribution in [0.1, 0.15) is 29.4 Å². The summed E-state index contributed by atoms with van der Waals surface area (Å²) >= 11 is 1.16. The number of benzene rings is 1. The quantitative estimate of drug-likeness (QED) is 0.590. The fourth-order valence-corrected chi connectivity index (χ4v) is 5.35. The molecule has 33 heavy (non-hydrogen) atoms. The van der Waals surface area contributed by atoms with E-state index in [1.165, 1.54) is 30.3 Å². The molecule has 0 bridgehead atoms. The largest absolute Gasteiger partial charge is 0.483 e. The monoisotopic (exact) mass is 486 g/mol. The molecule has 1 aliphatic carbocycles. The standard InChI is InChI=1S/C21H19F5N4O2S/c1-19(16-7-20(16,9-22)33-18(27)30-19)13-6-11(2-4-14(13)23)29-17(31)15-5-3-12(8-28-15)32-10-21(24,25)26/h2-6,8,16H,7,9-10H2,1H3,(H2,27,30)(H,29,31)/t16-,19+,20+/m0/s1. The number of alkyl halides is 4. The summed E-state index contributed by atoms with van der Waals surface area (Å²) in [5, 5.41) is 2.75. The van der Waals surface area contributed by atoms with Crippen molar-refractivity contribution in [2.75, 3.05) is 18.6 Å². The highest BCUT2D eigenvalue weighted by atomic mass is 32.2. The van der Waals surface area contributed by atoms with Gasteiger partial charge in [0, 0.05) is 17.2 Å². The Balaban J connectivity index is 1.52. The number of nitrogens with two attached hydrogens (primary N) is 1.